The third-order valence-electron chi connectivity index (χ3n) is 5.53. The smallest absolute Gasteiger partial charge is 0.220 e. The monoisotopic (exact) mass is 392 g/mol. The second kappa shape index (κ2) is 9.68. The van der Waals surface area contributed by atoms with Crippen molar-refractivity contribution >= 4 is 16.9 Å². The van der Waals surface area contributed by atoms with E-state index in [1.165, 1.54) is 24.8 Å². The molecule has 0 aliphatic rings. The molecule has 0 spiro atoms. The van der Waals surface area contributed by atoms with Gasteiger partial charge in [0.15, 0.2) is 5.65 Å². The van der Waals surface area contributed by atoms with Gasteiger partial charge in [0.1, 0.15) is 0 Å². The second-order valence-corrected chi connectivity index (χ2v) is 7.74. The van der Waals surface area contributed by atoms with Gasteiger partial charge in [-0.25, -0.2) is 9.67 Å². The Kier molecular flexibility index (Phi) is 7.02. The molecule has 29 heavy (non-hydrogen) atoms. The summed E-state index contributed by atoms with van der Waals surface area (Å²) in [5.74, 6) is 0.122. The van der Waals surface area contributed by atoms with Crippen molar-refractivity contribution in [1.82, 2.24) is 20.1 Å². The van der Waals surface area contributed by atoms with Gasteiger partial charge < -0.3 is 5.32 Å². The number of nitrogens with zero attached hydrogens (tertiary/aromatic N) is 3. The fourth-order valence-corrected chi connectivity index (χ4v) is 3.93. The molecule has 1 amide bonds. The zero-order chi connectivity index (χ0) is 20.8. The molecule has 0 aliphatic carbocycles. The lowest BCUT2D eigenvalue weighted by Gasteiger charge is -2.12. The fraction of sp³-hybridized carbons (Fsp3) is 0.458. The van der Waals surface area contributed by atoms with Crippen LogP contribution in [0.25, 0.3) is 16.7 Å². The van der Waals surface area contributed by atoms with Crippen LogP contribution in [0, 0.1) is 20.8 Å². The highest BCUT2D eigenvalue weighted by molar-refractivity contribution is 5.85. The molecule has 1 N–H and O–H groups in total. The van der Waals surface area contributed by atoms with E-state index in [1.54, 1.807) is 0 Å². The first-order valence-corrected chi connectivity index (χ1v) is 10.7. The molecule has 0 bridgehead atoms. The molecular weight excluding hydrogens is 360 g/mol. The lowest BCUT2D eigenvalue weighted by Crippen LogP contribution is -2.24. The zero-order valence-corrected chi connectivity index (χ0v) is 18.1. The van der Waals surface area contributed by atoms with Crippen LogP contribution in [0.1, 0.15) is 61.5 Å². The van der Waals surface area contributed by atoms with Gasteiger partial charge >= 0.3 is 0 Å². The molecule has 5 heteroatoms. The Bertz CT molecular complexity index is 976. The number of unbranched alkanes of at least 4 members (excludes halogenated alkanes) is 3. The Morgan fingerprint density at radius 2 is 1.79 bits per heavy atom. The number of aryl methyl sites for hydroxylation is 3. The van der Waals surface area contributed by atoms with E-state index in [0.717, 1.165) is 46.6 Å². The Balaban J connectivity index is 1.76. The van der Waals surface area contributed by atoms with Crippen molar-refractivity contribution in [1.29, 1.82) is 0 Å². The van der Waals surface area contributed by atoms with Crippen LogP contribution in [-0.2, 0) is 11.2 Å². The van der Waals surface area contributed by atoms with Crippen molar-refractivity contribution in [2.45, 2.75) is 66.2 Å². The van der Waals surface area contributed by atoms with Gasteiger partial charge in [0.2, 0.25) is 5.91 Å². The second-order valence-electron chi connectivity index (χ2n) is 7.74. The van der Waals surface area contributed by atoms with Crippen molar-refractivity contribution in [3.05, 3.63) is 52.8 Å². The molecule has 2 heterocycles. The number of amides is 1. The van der Waals surface area contributed by atoms with Gasteiger partial charge in [0, 0.05) is 24.0 Å². The maximum Gasteiger partial charge on any atom is 0.220 e. The number of pyridine rings is 1. The number of carbonyl (C=O) groups excluding carboxylic acids is 1. The maximum atomic E-state index is 12.2. The molecule has 0 saturated carbocycles. The third-order valence-corrected chi connectivity index (χ3v) is 5.53. The topological polar surface area (TPSA) is 59.8 Å². The highest BCUT2D eigenvalue weighted by Crippen LogP contribution is 2.28. The van der Waals surface area contributed by atoms with Gasteiger partial charge in [-0.05, 0) is 56.9 Å². The quantitative estimate of drug-likeness (QED) is 0.523. The minimum absolute atomic E-state index is 0.122. The molecule has 154 valence electrons. The van der Waals surface area contributed by atoms with Crippen LogP contribution in [0.4, 0.5) is 0 Å². The van der Waals surface area contributed by atoms with E-state index in [-0.39, 0.29) is 5.91 Å². The minimum atomic E-state index is 0.122. The molecule has 0 atom stereocenters. The third kappa shape index (κ3) is 4.84. The Hall–Kier alpha value is -2.69. The molecule has 0 radical (unpaired) electrons. The number of benzene rings is 1. The summed E-state index contributed by atoms with van der Waals surface area (Å²) in [5, 5.41) is 8.88. The largest absolute Gasteiger partial charge is 0.356 e. The van der Waals surface area contributed by atoms with Gasteiger partial charge in [-0.3, -0.25) is 4.79 Å². The Morgan fingerprint density at radius 1 is 1.03 bits per heavy atom. The van der Waals surface area contributed by atoms with E-state index < -0.39 is 0 Å². The predicted molar refractivity (Wildman–Crippen MR) is 119 cm³/mol. The van der Waals surface area contributed by atoms with E-state index in [0.29, 0.717) is 12.8 Å². The SMILES string of the molecule is CCCCCCNC(=O)CCc1c(C)nc2c(c(C)nn2-c2ccccc2)c1C. The van der Waals surface area contributed by atoms with Crippen LogP contribution in [-0.4, -0.2) is 27.2 Å². The standard InChI is InChI=1S/C24H32N4O/c1-5-6-7-11-16-25-22(29)15-14-21-17(2)23-19(4)27-28(24(23)26-18(21)3)20-12-9-8-10-13-20/h8-10,12-13H,5-7,11,14-16H2,1-4H3,(H,25,29). The van der Waals surface area contributed by atoms with Gasteiger partial charge in [0.25, 0.3) is 0 Å². The summed E-state index contributed by atoms with van der Waals surface area (Å²) in [4.78, 5) is 17.1. The number of fused-ring (bicyclic) bond motifs is 1. The molecule has 0 unspecified atom stereocenters. The number of nitrogens with one attached hydrogen (secondary N) is 1. The maximum absolute atomic E-state index is 12.2. The molecule has 5 nitrogen and oxygen atoms in total. The molecular formula is C24H32N4O. The van der Waals surface area contributed by atoms with Crippen LogP contribution in [0.2, 0.25) is 0 Å². The number of aromatic nitrogens is 3. The summed E-state index contributed by atoms with van der Waals surface area (Å²) in [6.45, 7) is 9.15. The number of hydrogen-bond acceptors (Lipinski definition) is 3. The van der Waals surface area contributed by atoms with E-state index in [2.05, 4.69) is 19.2 Å². The molecule has 0 fully saturated rings. The van der Waals surface area contributed by atoms with Crippen LogP contribution < -0.4 is 5.32 Å². The molecule has 1 aromatic carbocycles. The number of para-hydroxylation sites is 1. The van der Waals surface area contributed by atoms with Gasteiger partial charge in [-0.15, -0.1) is 0 Å². The van der Waals surface area contributed by atoms with Gasteiger partial charge in [0.05, 0.1) is 11.4 Å². The van der Waals surface area contributed by atoms with Crippen LogP contribution in [0.15, 0.2) is 30.3 Å². The number of hydrogen-bond donors (Lipinski definition) is 1. The Labute approximate surface area is 173 Å². The van der Waals surface area contributed by atoms with Gasteiger partial charge in [-0.2, -0.15) is 5.10 Å². The average Bonchev–Trinajstić information content (AvgIpc) is 3.04. The van der Waals surface area contributed by atoms with E-state index in [9.17, 15) is 4.79 Å². The molecule has 0 saturated heterocycles. The van der Waals surface area contributed by atoms with Crippen molar-refractivity contribution in [2.24, 2.45) is 0 Å². The van der Waals surface area contributed by atoms with E-state index >= 15 is 0 Å². The Morgan fingerprint density at radius 3 is 2.52 bits per heavy atom. The highest BCUT2D eigenvalue weighted by atomic mass is 16.1. The number of rotatable bonds is 9. The lowest BCUT2D eigenvalue weighted by molar-refractivity contribution is -0.121. The normalized spacial score (nSPS) is 11.2. The van der Waals surface area contributed by atoms with Crippen molar-refractivity contribution in [3.8, 4) is 5.69 Å². The molecule has 2 aromatic heterocycles. The molecule has 0 aliphatic heterocycles. The first-order chi connectivity index (χ1) is 14.0. The van der Waals surface area contributed by atoms with Crippen molar-refractivity contribution in [2.75, 3.05) is 6.54 Å². The van der Waals surface area contributed by atoms with Crippen molar-refractivity contribution < 1.29 is 4.79 Å². The van der Waals surface area contributed by atoms with E-state index in [4.69, 9.17) is 10.1 Å². The average molecular weight is 393 g/mol. The summed E-state index contributed by atoms with van der Waals surface area (Å²) in [5.41, 5.74) is 6.18. The number of carbonyl (C=O) groups is 1. The summed E-state index contributed by atoms with van der Waals surface area (Å²) in [7, 11) is 0. The summed E-state index contributed by atoms with van der Waals surface area (Å²) in [6, 6.07) is 10.1. The zero-order valence-electron chi connectivity index (χ0n) is 18.1. The van der Waals surface area contributed by atoms with Crippen LogP contribution in [0.3, 0.4) is 0 Å². The van der Waals surface area contributed by atoms with Crippen LogP contribution in [0.5, 0.6) is 0 Å². The minimum Gasteiger partial charge on any atom is -0.356 e. The lowest BCUT2D eigenvalue weighted by atomic mass is 9.99. The summed E-state index contributed by atoms with van der Waals surface area (Å²) in [6.07, 6.45) is 5.88. The van der Waals surface area contributed by atoms with Gasteiger partial charge in [-0.1, -0.05) is 44.4 Å². The summed E-state index contributed by atoms with van der Waals surface area (Å²) < 4.78 is 1.91. The molecule has 3 aromatic rings. The fourth-order valence-electron chi connectivity index (χ4n) is 3.93. The predicted octanol–water partition coefficient (Wildman–Crippen LogP) is 4.97. The molecule has 3 rings (SSSR count). The van der Waals surface area contributed by atoms with E-state index in [1.807, 2.05) is 48.9 Å². The van der Waals surface area contributed by atoms with Crippen LogP contribution >= 0.6 is 0 Å². The summed E-state index contributed by atoms with van der Waals surface area (Å²) >= 11 is 0. The van der Waals surface area contributed by atoms with Crippen molar-refractivity contribution in [3.63, 3.8) is 0 Å². The first-order valence-electron chi connectivity index (χ1n) is 10.7. The highest BCUT2D eigenvalue weighted by Gasteiger charge is 2.18. The first kappa shape index (κ1) is 21.0.